The molecule has 3 N–H and O–H groups in total. The van der Waals surface area contributed by atoms with Crippen LogP contribution in [0.25, 0.3) is 0 Å². The fourth-order valence-electron chi connectivity index (χ4n) is 1.63. The van der Waals surface area contributed by atoms with Crippen LogP contribution in [0.1, 0.15) is 16.6 Å². The van der Waals surface area contributed by atoms with Crippen LogP contribution in [0.4, 0.5) is 5.69 Å². The van der Waals surface area contributed by atoms with E-state index < -0.39 is 5.50 Å². The molecule has 108 valence electrons. The largest absolute Gasteiger partial charge is 0.434 e. The maximum Gasteiger partial charge on any atom is 0.236 e. The first kappa shape index (κ1) is 12.6. The Morgan fingerprint density at radius 2 is 2.00 bits per heavy atom. The van der Waals surface area contributed by atoms with Gasteiger partial charge in [0.1, 0.15) is 5.50 Å². The van der Waals surface area contributed by atoms with E-state index in [9.17, 15) is 0 Å². The summed E-state index contributed by atoms with van der Waals surface area (Å²) in [6.07, 6.45) is 1.68. The number of rotatable bonds is 2. The minimum Gasteiger partial charge on any atom is -0.434 e. The van der Waals surface area contributed by atoms with E-state index in [0.29, 0.717) is 0 Å². The smallest absolute Gasteiger partial charge is 0.236 e. The van der Waals surface area contributed by atoms with E-state index in [1.807, 2.05) is 13.8 Å². The Balaban J connectivity index is 2.41. The second-order valence-corrected chi connectivity index (χ2v) is 5.66. The number of nitrogen functional groups attached to an aromatic ring is 1. The number of benzene rings is 1. The molecule has 1 atom stereocenters. The van der Waals surface area contributed by atoms with Gasteiger partial charge in [0.05, 0.1) is 12.8 Å². The molecule has 0 amide bonds. The highest BCUT2D eigenvalue weighted by atomic mass is 35.5. The van der Waals surface area contributed by atoms with Crippen LogP contribution in [0.15, 0.2) is 28.8 Å². The minimum atomic E-state index is -0.428. The van der Waals surface area contributed by atoms with Gasteiger partial charge in [0.15, 0.2) is 5.75 Å². The molecule has 0 spiro atoms. The van der Waals surface area contributed by atoms with Crippen molar-refractivity contribution in [1.82, 2.24) is 5.43 Å². The summed E-state index contributed by atoms with van der Waals surface area (Å²) in [5, 5.41) is 3.82. The van der Waals surface area contributed by atoms with Crippen molar-refractivity contribution in [3.05, 3.63) is 33.8 Å². The van der Waals surface area contributed by atoms with Crippen LogP contribution in [-0.2, 0) is 0 Å². The summed E-state index contributed by atoms with van der Waals surface area (Å²) in [7, 11) is 0. The van der Waals surface area contributed by atoms with Crippen LogP contribution in [0.3, 0.4) is 0 Å². The molecule has 0 fully saturated rings. The predicted octanol–water partition coefficient (Wildman–Crippen LogP) is 4.02. The molecule has 0 aliphatic carbocycles. The topological polar surface area (TPSA) is 59.6 Å². The molecule has 0 saturated carbocycles. The van der Waals surface area contributed by atoms with Gasteiger partial charge in [-0.3, -0.25) is 5.43 Å². The van der Waals surface area contributed by atoms with Crippen LogP contribution >= 0.6 is 34.8 Å². The molecule has 1 aliphatic heterocycles. The third-order valence-electron chi connectivity index (χ3n) is 2.63. The van der Waals surface area contributed by atoms with Gasteiger partial charge >= 0.3 is 0 Å². The summed E-state index contributed by atoms with van der Waals surface area (Å²) in [4.78, 5) is 0. The van der Waals surface area contributed by atoms with Gasteiger partial charge in [0, 0.05) is 11.8 Å². The zero-order valence-electron chi connectivity index (χ0n) is 12.8. The van der Waals surface area contributed by atoms with Crippen molar-refractivity contribution < 1.29 is 7.48 Å². The van der Waals surface area contributed by atoms with Crippen molar-refractivity contribution >= 4 is 46.4 Å². The van der Waals surface area contributed by atoms with Gasteiger partial charge in [-0.25, -0.2) is 0 Å². The summed E-state index contributed by atoms with van der Waals surface area (Å²) in [5.74, 6) is 0.341. The summed E-state index contributed by atoms with van der Waals surface area (Å²) in [5.41, 5.74) is 8.66. The monoisotopic (exact) mass is 335 g/mol. The normalized spacial score (nSPS) is 19.8. The van der Waals surface area contributed by atoms with Crippen molar-refractivity contribution in [2.45, 2.75) is 19.3 Å². The van der Waals surface area contributed by atoms with Gasteiger partial charge < -0.3 is 10.5 Å². The van der Waals surface area contributed by atoms with Gasteiger partial charge in [-0.2, -0.15) is 0 Å². The molecule has 2 rings (SSSR count). The fourth-order valence-corrected chi connectivity index (χ4v) is 2.51. The third kappa shape index (κ3) is 3.32. The van der Waals surface area contributed by atoms with Crippen molar-refractivity contribution in [3.63, 3.8) is 0 Å². The van der Waals surface area contributed by atoms with E-state index in [2.05, 4.69) is 10.5 Å². The van der Waals surface area contributed by atoms with Crippen molar-refractivity contribution in [2.24, 2.45) is 11.0 Å². The molecular weight excluding hydrogens is 321 g/mol. The lowest BCUT2D eigenvalue weighted by Gasteiger charge is -2.22. The Bertz CT molecular complexity index is 648. The molecule has 0 saturated heterocycles. The summed E-state index contributed by atoms with van der Waals surface area (Å²) >= 11 is 18.2. The number of ether oxygens (including phenoxy) is 1. The Kier molecular flexibility index (Phi) is 3.86. The lowest BCUT2D eigenvalue weighted by Crippen LogP contribution is -2.30. The van der Waals surface area contributed by atoms with Gasteiger partial charge in [-0.05, 0) is 23.6 Å². The predicted molar refractivity (Wildman–Crippen MR) is 84.6 cm³/mol. The highest BCUT2D eigenvalue weighted by Crippen LogP contribution is 2.35. The molecule has 0 aromatic heterocycles. The molecule has 0 bridgehead atoms. The fraction of sp³-hybridized carbons (Fsp3) is 0.308. The highest BCUT2D eigenvalue weighted by molar-refractivity contribution is 6.37. The second-order valence-electron chi connectivity index (χ2n) is 4.46. The zero-order valence-corrected chi connectivity index (χ0v) is 13.1. The molecule has 0 radical (unpaired) electrons. The Hall–Kier alpha value is -1.10. The van der Waals surface area contributed by atoms with Gasteiger partial charge in [-0.1, -0.05) is 48.7 Å². The number of nitrogens with zero attached hydrogens (tertiary/aromatic N) is 1. The zero-order chi connectivity index (χ0) is 16.6. The summed E-state index contributed by atoms with van der Waals surface area (Å²) < 4.78 is 21.1. The maximum absolute atomic E-state index is 7.77. The molecule has 1 aromatic carbocycles. The summed E-state index contributed by atoms with van der Waals surface area (Å²) in [6, 6.07) is -0.419. The van der Waals surface area contributed by atoms with Crippen LogP contribution in [0.2, 0.25) is 10.0 Å². The van der Waals surface area contributed by atoms with Crippen LogP contribution in [0.5, 0.6) is 5.75 Å². The highest BCUT2D eigenvalue weighted by Gasteiger charge is 2.21. The second kappa shape index (κ2) is 6.12. The number of anilines is 1. The molecule has 1 unspecified atom stereocenters. The first-order valence-corrected chi connectivity index (χ1v) is 7.03. The Morgan fingerprint density at radius 3 is 2.55 bits per heavy atom. The van der Waals surface area contributed by atoms with Crippen LogP contribution in [-0.4, -0.2) is 11.4 Å². The number of nitrogens with two attached hydrogens (primary N) is 1. The lowest BCUT2D eigenvalue weighted by molar-refractivity contribution is 0.526. The van der Waals surface area contributed by atoms with Gasteiger partial charge in [0.25, 0.3) is 0 Å². The molecule has 7 heteroatoms. The number of halogens is 3. The minimum absolute atomic E-state index is 0.0274. The SMILES string of the molecule is [2H]c1c(N)c([2H])c(Cl)c(OC2=NNC(Cl)C(C(C)C)=C2)c1Cl. The molecular formula is C13H14Cl3N3O. The molecule has 20 heavy (non-hydrogen) atoms. The van der Waals surface area contributed by atoms with Crippen LogP contribution < -0.4 is 15.9 Å². The van der Waals surface area contributed by atoms with E-state index in [0.717, 1.165) is 5.57 Å². The van der Waals surface area contributed by atoms with E-state index in [1.165, 1.54) is 0 Å². The number of nitrogens with one attached hydrogen (secondary N) is 1. The van der Waals surface area contributed by atoms with E-state index in [1.54, 1.807) is 6.08 Å². The number of hydrogen-bond donors (Lipinski definition) is 2. The van der Waals surface area contributed by atoms with Crippen LogP contribution in [0, 0.1) is 5.92 Å². The third-order valence-corrected chi connectivity index (χ3v) is 3.51. The average molecular weight is 337 g/mol. The average Bonchev–Trinajstić information content (AvgIpc) is 2.49. The first-order valence-electron chi connectivity index (χ1n) is 6.84. The molecule has 1 heterocycles. The Morgan fingerprint density at radius 1 is 1.40 bits per heavy atom. The van der Waals surface area contributed by atoms with E-state index in [-0.39, 0.29) is 45.4 Å². The van der Waals surface area contributed by atoms with E-state index >= 15 is 0 Å². The van der Waals surface area contributed by atoms with E-state index in [4.69, 9.17) is 48.0 Å². The standard InChI is InChI=1S/C13H14Cl3N3O/c1-6(2)8-5-11(18-19-13(8)16)20-12-9(14)3-7(17)4-10(12)15/h3-6,13,19H,17H2,1-2H3/i3D,4D. The number of hydrazone groups is 1. The maximum atomic E-state index is 7.77. The van der Waals surface area contributed by atoms with Gasteiger partial charge in [0.2, 0.25) is 5.90 Å². The molecule has 1 aromatic rings. The van der Waals surface area contributed by atoms with Crippen molar-refractivity contribution in [2.75, 3.05) is 5.73 Å². The number of alkyl halides is 1. The molecule has 1 aliphatic rings. The lowest BCUT2D eigenvalue weighted by atomic mass is 10.0. The molecule has 4 nitrogen and oxygen atoms in total. The quantitative estimate of drug-likeness (QED) is 0.487. The van der Waals surface area contributed by atoms with Crippen molar-refractivity contribution in [3.8, 4) is 5.75 Å². The van der Waals surface area contributed by atoms with Gasteiger partial charge in [-0.15, -0.1) is 5.10 Å². The van der Waals surface area contributed by atoms with Crippen molar-refractivity contribution in [1.29, 1.82) is 0 Å². The Labute approximate surface area is 135 Å². The summed E-state index contributed by atoms with van der Waals surface area (Å²) in [6.45, 7) is 3.97. The number of hydrogen-bond acceptors (Lipinski definition) is 4. The first-order chi connectivity index (χ1) is 10.2.